The lowest BCUT2D eigenvalue weighted by Crippen LogP contribution is -2.13. The third-order valence-corrected chi connectivity index (χ3v) is 4.50. The van der Waals surface area contributed by atoms with Gasteiger partial charge in [-0.05, 0) is 61.9 Å². The lowest BCUT2D eigenvalue weighted by atomic mass is 10.1. The van der Waals surface area contributed by atoms with Gasteiger partial charge in [0.1, 0.15) is 24.0 Å². The summed E-state index contributed by atoms with van der Waals surface area (Å²) in [5, 5.41) is 21.1. The van der Waals surface area contributed by atoms with E-state index >= 15 is 0 Å². The quantitative estimate of drug-likeness (QED) is 0.357. The molecule has 3 aromatic rings. The Kier molecular flexibility index (Phi) is 7.50. The van der Waals surface area contributed by atoms with Gasteiger partial charge in [0.25, 0.3) is 5.91 Å². The van der Waals surface area contributed by atoms with Gasteiger partial charge in [-0.15, -0.1) is 0 Å². The number of nitrogens with zero attached hydrogens (tertiary/aromatic N) is 1. The zero-order valence-corrected chi connectivity index (χ0v) is 18.1. The number of hydrogen-bond donors (Lipinski definition) is 2. The first-order valence-corrected chi connectivity index (χ1v) is 10.1. The Morgan fingerprint density at radius 3 is 2.48 bits per heavy atom. The molecular weight excluding hydrogens is 424 g/mol. The molecule has 0 spiro atoms. The monoisotopic (exact) mass is 446 g/mol. The van der Waals surface area contributed by atoms with Gasteiger partial charge in [0.05, 0.1) is 6.61 Å². The molecule has 2 N–H and O–H groups in total. The number of furan rings is 1. The van der Waals surface area contributed by atoms with E-state index in [2.05, 4.69) is 5.32 Å². The summed E-state index contributed by atoms with van der Waals surface area (Å²) < 4.78 is 16.5. The number of benzene rings is 2. The van der Waals surface area contributed by atoms with Crippen LogP contribution in [0.1, 0.15) is 34.4 Å². The van der Waals surface area contributed by atoms with Crippen LogP contribution in [0.5, 0.6) is 11.5 Å². The minimum absolute atomic E-state index is 0.00490. The number of ether oxygens (including phenoxy) is 2. The van der Waals surface area contributed by atoms with Crippen LogP contribution >= 0.6 is 0 Å². The molecule has 0 bridgehead atoms. The van der Waals surface area contributed by atoms with Gasteiger partial charge in [-0.3, -0.25) is 4.79 Å². The molecule has 33 heavy (non-hydrogen) atoms. The topological polar surface area (TPSA) is 122 Å². The lowest BCUT2D eigenvalue weighted by molar-refractivity contribution is -0.112. The molecule has 8 heteroatoms. The average Bonchev–Trinajstić information content (AvgIpc) is 3.28. The standard InChI is InChI=1S/C25H22N2O6/c1-3-31-23-13-17(6-10-21(23)32-15-20-9-11-22(33-20)25(29)30)12-18(14-26)24(28)27-19-7-4-16(2)5-8-19/h4-13H,3,15H2,1-2H3,(H,27,28)(H,29,30). The average molecular weight is 446 g/mol. The van der Waals surface area contributed by atoms with Crippen molar-refractivity contribution in [2.24, 2.45) is 0 Å². The predicted molar refractivity (Wildman–Crippen MR) is 121 cm³/mol. The van der Waals surface area contributed by atoms with Gasteiger partial charge in [-0.25, -0.2) is 4.79 Å². The number of nitrogens with one attached hydrogen (secondary N) is 1. The zero-order valence-electron chi connectivity index (χ0n) is 18.1. The normalized spacial score (nSPS) is 10.9. The summed E-state index contributed by atoms with van der Waals surface area (Å²) in [7, 11) is 0. The van der Waals surface area contributed by atoms with Gasteiger partial charge < -0.3 is 24.3 Å². The SMILES string of the molecule is CCOc1cc(C=C(C#N)C(=O)Nc2ccc(C)cc2)ccc1OCc1ccc(C(=O)O)o1. The number of nitriles is 1. The Bertz CT molecular complexity index is 1220. The summed E-state index contributed by atoms with van der Waals surface area (Å²) in [6, 6.07) is 17.0. The molecule has 1 heterocycles. The Morgan fingerprint density at radius 1 is 1.09 bits per heavy atom. The fourth-order valence-electron chi connectivity index (χ4n) is 2.87. The fourth-order valence-corrected chi connectivity index (χ4v) is 2.87. The number of anilines is 1. The molecule has 2 aromatic carbocycles. The van der Waals surface area contributed by atoms with E-state index in [1.165, 1.54) is 18.2 Å². The maximum Gasteiger partial charge on any atom is 0.371 e. The number of carbonyl (C=O) groups excluding carboxylic acids is 1. The third-order valence-electron chi connectivity index (χ3n) is 4.50. The molecule has 0 fully saturated rings. The highest BCUT2D eigenvalue weighted by Gasteiger charge is 2.13. The van der Waals surface area contributed by atoms with Crippen molar-refractivity contribution >= 4 is 23.6 Å². The molecule has 0 saturated heterocycles. The Hall–Kier alpha value is -4.51. The van der Waals surface area contributed by atoms with Crippen LogP contribution in [0.3, 0.4) is 0 Å². The summed E-state index contributed by atoms with van der Waals surface area (Å²) >= 11 is 0. The van der Waals surface area contributed by atoms with E-state index in [0.717, 1.165) is 5.56 Å². The smallest absolute Gasteiger partial charge is 0.371 e. The van der Waals surface area contributed by atoms with E-state index in [0.29, 0.717) is 35.1 Å². The first kappa shape index (κ1) is 23.2. The molecule has 1 aromatic heterocycles. The highest BCUT2D eigenvalue weighted by molar-refractivity contribution is 6.09. The molecule has 8 nitrogen and oxygen atoms in total. The van der Waals surface area contributed by atoms with Gasteiger partial charge in [0.15, 0.2) is 11.5 Å². The van der Waals surface area contributed by atoms with Gasteiger partial charge in [-0.2, -0.15) is 5.26 Å². The van der Waals surface area contributed by atoms with Crippen LogP contribution in [0, 0.1) is 18.3 Å². The number of hydrogen-bond acceptors (Lipinski definition) is 6. The van der Waals surface area contributed by atoms with E-state index in [1.54, 1.807) is 30.3 Å². The van der Waals surface area contributed by atoms with Crippen molar-refractivity contribution in [1.82, 2.24) is 0 Å². The van der Waals surface area contributed by atoms with Crippen LogP contribution in [0.2, 0.25) is 0 Å². The van der Waals surface area contributed by atoms with Crippen molar-refractivity contribution in [2.45, 2.75) is 20.5 Å². The van der Waals surface area contributed by atoms with Crippen LogP contribution in [0.15, 0.2) is 64.6 Å². The highest BCUT2D eigenvalue weighted by atomic mass is 16.5. The van der Waals surface area contributed by atoms with Crippen molar-refractivity contribution in [3.05, 3.63) is 82.8 Å². The molecule has 0 aliphatic carbocycles. The fraction of sp³-hybridized carbons (Fsp3) is 0.160. The van der Waals surface area contributed by atoms with Gasteiger partial charge >= 0.3 is 5.97 Å². The second kappa shape index (κ2) is 10.7. The number of rotatable bonds is 9. The van der Waals surface area contributed by atoms with Crippen LogP contribution in [-0.2, 0) is 11.4 Å². The third kappa shape index (κ3) is 6.24. The number of aromatic carboxylic acids is 1. The number of amides is 1. The van der Waals surface area contributed by atoms with E-state index in [9.17, 15) is 14.9 Å². The minimum Gasteiger partial charge on any atom is -0.490 e. The van der Waals surface area contributed by atoms with Crippen molar-refractivity contribution in [2.75, 3.05) is 11.9 Å². The van der Waals surface area contributed by atoms with Crippen molar-refractivity contribution in [3.63, 3.8) is 0 Å². The Morgan fingerprint density at radius 2 is 1.85 bits per heavy atom. The van der Waals surface area contributed by atoms with Gasteiger partial charge in [0, 0.05) is 5.69 Å². The van der Waals surface area contributed by atoms with Gasteiger partial charge in [0.2, 0.25) is 5.76 Å². The van der Waals surface area contributed by atoms with E-state index in [1.807, 2.05) is 32.0 Å². The summed E-state index contributed by atoms with van der Waals surface area (Å²) in [6.45, 7) is 4.13. The first-order chi connectivity index (χ1) is 15.9. The summed E-state index contributed by atoms with van der Waals surface area (Å²) in [5.74, 6) is -0.693. The van der Waals surface area contributed by atoms with Crippen LogP contribution in [0.4, 0.5) is 5.69 Å². The van der Waals surface area contributed by atoms with Crippen LogP contribution in [0.25, 0.3) is 6.08 Å². The molecular formula is C25H22N2O6. The second-order valence-electron chi connectivity index (χ2n) is 6.99. The molecule has 0 aliphatic rings. The zero-order chi connectivity index (χ0) is 23.8. The molecule has 0 unspecified atom stereocenters. The summed E-state index contributed by atoms with van der Waals surface area (Å²) in [6.07, 6.45) is 1.46. The maximum atomic E-state index is 12.5. The van der Waals surface area contributed by atoms with E-state index in [-0.39, 0.29) is 17.9 Å². The molecule has 3 rings (SSSR count). The molecule has 0 aliphatic heterocycles. The Balaban J connectivity index is 1.76. The van der Waals surface area contributed by atoms with E-state index < -0.39 is 11.9 Å². The van der Waals surface area contributed by atoms with Gasteiger partial charge in [-0.1, -0.05) is 23.8 Å². The number of carbonyl (C=O) groups is 2. The van der Waals surface area contributed by atoms with Crippen molar-refractivity contribution < 1.29 is 28.6 Å². The summed E-state index contributed by atoms with van der Waals surface area (Å²) in [4.78, 5) is 23.4. The molecule has 0 saturated carbocycles. The lowest BCUT2D eigenvalue weighted by Gasteiger charge is -2.12. The highest BCUT2D eigenvalue weighted by Crippen LogP contribution is 2.30. The molecule has 0 atom stereocenters. The maximum absolute atomic E-state index is 12.5. The van der Waals surface area contributed by atoms with Crippen LogP contribution < -0.4 is 14.8 Å². The van der Waals surface area contributed by atoms with Crippen molar-refractivity contribution in [1.29, 1.82) is 5.26 Å². The molecule has 1 amide bonds. The second-order valence-corrected chi connectivity index (χ2v) is 6.99. The number of carboxylic acid groups (broad SMARTS) is 1. The number of carboxylic acids is 1. The minimum atomic E-state index is -1.16. The largest absolute Gasteiger partial charge is 0.490 e. The number of aryl methyl sites for hydroxylation is 1. The molecule has 0 radical (unpaired) electrons. The van der Waals surface area contributed by atoms with Crippen LogP contribution in [-0.4, -0.2) is 23.6 Å². The molecule has 168 valence electrons. The first-order valence-electron chi connectivity index (χ1n) is 10.1. The Labute approximate surface area is 190 Å². The van der Waals surface area contributed by atoms with E-state index in [4.69, 9.17) is 19.0 Å². The summed E-state index contributed by atoms with van der Waals surface area (Å²) in [5.41, 5.74) is 2.16. The predicted octanol–water partition coefficient (Wildman–Crippen LogP) is 4.81. The van der Waals surface area contributed by atoms with Crippen molar-refractivity contribution in [3.8, 4) is 17.6 Å².